The van der Waals surface area contributed by atoms with Crippen LogP contribution in [-0.4, -0.2) is 20.4 Å². The molecule has 1 fully saturated rings. The molecule has 5 nitrogen and oxygen atoms in total. The standard InChI is InChI=1S/C18H17BrClFN2O3S/c19-13-9-16(15(21)10-14(13)20)27(25,26)23-17(11-5-4-6-11)18(24)22-12-7-2-1-3-8-12/h1-3,7-11,17,23H,4-6H2,(H,22,24). The summed E-state index contributed by atoms with van der Waals surface area (Å²) in [5.74, 6) is -1.59. The first-order valence-electron chi connectivity index (χ1n) is 8.31. The van der Waals surface area contributed by atoms with Crippen molar-refractivity contribution in [2.45, 2.75) is 30.2 Å². The summed E-state index contributed by atoms with van der Waals surface area (Å²) >= 11 is 8.89. The van der Waals surface area contributed by atoms with Crippen molar-refractivity contribution in [3.63, 3.8) is 0 Å². The summed E-state index contributed by atoms with van der Waals surface area (Å²) in [6.45, 7) is 0. The Balaban J connectivity index is 1.86. The van der Waals surface area contributed by atoms with Crippen LogP contribution in [0.15, 0.2) is 51.8 Å². The molecule has 1 aliphatic carbocycles. The van der Waals surface area contributed by atoms with Gasteiger partial charge in [0.1, 0.15) is 16.8 Å². The Morgan fingerprint density at radius 1 is 1.22 bits per heavy atom. The smallest absolute Gasteiger partial charge is 0.244 e. The lowest BCUT2D eigenvalue weighted by Crippen LogP contribution is -2.50. The Hall–Kier alpha value is -1.48. The van der Waals surface area contributed by atoms with E-state index in [2.05, 4.69) is 26.0 Å². The number of nitrogens with one attached hydrogen (secondary N) is 2. The van der Waals surface area contributed by atoms with Crippen molar-refractivity contribution in [3.05, 3.63) is 57.8 Å². The molecule has 1 aliphatic rings. The number of sulfonamides is 1. The molecule has 2 aromatic rings. The zero-order valence-corrected chi connectivity index (χ0v) is 17.2. The van der Waals surface area contributed by atoms with Crippen LogP contribution in [0.1, 0.15) is 19.3 Å². The van der Waals surface area contributed by atoms with Gasteiger partial charge in [-0.15, -0.1) is 0 Å². The zero-order valence-electron chi connectivity index (χ0n) is 14.1. The molecule has 1 saturated carbocycles. The highest BCUT2D eigenvalue weighted by molar-refractivity contribution is 9.10. The van der Waals surface area contributed by atoms with Crippen molar-refractivity contribution < 1.29 is 17.6 Å². The van der Waals surface area contributed by atoms with Crippen LogP contribution in [0.2, 0.25) is 5.02 Å². The summed E-state index contributed by atoms with van der Waals surface area (Å²) in [5.41, 5.74) is 0.562. The fourth-order valence-electron chi connectivity index (χ4n) is 2.82. The van der Waals surface area contributed by atoms with Gasteiger partial charge in [-0.3, -0.25) is 4.79 Å². The van der Waals surface area contributed by atoms with E-state index in [1.54, 1.807) is 24.3 Å². The van der Waals surface area contributed by atoms with E-state index in [1.165, 1.54) is 0 Å². The Labute approximate surface area is 170 Å². The van der Waals surface area contributed by atoms with Crippen LogP contribution in [0, 0.1) is 11.7 Å². The number of carbonyl (C=O) groups is 1. The van der Waals surface area contributed by atoms with Crippen LogP contribution < -0.4 is 10.0 Å². The lowest BCUT2D eigenvalue weighted by atomic mass is 9.80. The van der Waals surface area contributed by atoms with E-state index in [1.807, 2.05) is 6.07 Å². The van der Waals surface area contributed by atoms with Crippen LogP contribution >= 0.6 is 27.5 Å². The number of carbonyl (C=O) groups excluding carboxylic acids is 1. The molecule has 144 valence electrons. The minimum atomic E-state index is -4.26. The van der Waals surface area contributed by atoms with Crippen LogP contribution in [0.5, 0.6) is 0 Å². The molecule has 0 aliphatic heterocycles. The van der Waals surface area contributed by atoms with E-state index >= 15 is 0 Å². The summed E-state index contributed by atoms with van der Waals surface area (Å²) < 4.78 is 42.3. The normalized spacial score (nSPS) is 15.8. The highest BCUT2D eigenvalue weighted by Gasteiger charge is 2.37. The lowest BCUT2D eigenvalue weighted by molar-refractivity contribution is -0.119. The summed E-state index contributed by atoms with van der Waals surface area (Å²) in [5, 5.41) is 2.77. The molecule has 1 amide bonds. The molecule has 0 spiro atoms. The van der Waals surface area contributed by atoms with Crippen molar-refractivity contribution in [2.75, 3.05) is 5.32 Å². The predicted octanol–water partition coefficient (Wildman–Crippen LogP) is 4.33. The maximum Gasteiger partial charge on any atom is 0.244 e. The second-order valence-electron chi connectivity index (χ2n) is 6.34. The fourth-order valence-corrected chi connectivity index (χ4v) is 4.81. The van der Waals surface area contributed by atoms with Gasteiger partial charge in [-0.2, -0.15) is 4.72 Å². The van der Waals surface area contributed by atoms with Crippen molar-refractivity contribution in [1.82, 2.24) is 4.72 Å². The van der Waals surface area contributed by atoms with E-state index < -0.39 is 32.7 Å². The number of hydrogen-bond donors (Lipinski definition) is 2. The van der Waals surface area contributed by atoms with Crippen LogP contribution in [0.4, 0.5) is 10.1 Å². The minimum absolute atomic E-state index is 0.0591. The molecule has 9 heteroatoms. The van der Waals surface area contributed by atoms with Gasteiger partial charge in [0.25, 0.3) is 0 Å². The van der Waals surface area contributed by atoms with Gasteiger partial charge in [0.15, 0.2) is 0 Å². The summed E-state index contributed by atoms with van der Waals surface area (Å²) in [7, 11) is -4.26. The van der Waals surface area contributed by atoms with Crippen LogP contribution in [0.3, 0.4) is 0 Å². The summed E-state index contributed by atoms with van der Waals surface area (Å²) in [6, 6.07) is 9.77. The molecule has 0 saturated heterocycles. The van der Waals surface area contributed by atoms with Gasteiger partial charge < -0.3 is 5.32 Å². The van der Waals surface area contributed by atoms with Crippen LogP contribution in [0.25, 0.3) is 0 Å². The van der Waals surface area contributed by atoms with E-state index in [-0.39, 0.29) is 15.4 Å². The topological polar surface area (TPSA) is 75.3 Å². The van der Waals surface area contributed by atoms with Crippen molar-refractivity contribution in [2.24, 2.45) is 5.92 Å². The average Bonchev–Trinajstić information content (AvgIpc) is 2.56. The highest BCUT2D eigenvalue weighted by atomic mass is 79.9. The molecular formula is C18H17BrClFN2O3S. The van der Waals surface area contributed by atoms with Gasteiger partial charge in [0, 0.05) is 10.2 Å². The molecule has 0 heterocycles. The molecule has 0 aromatic heterocycles. The number of halogens is 3. The first kappa shape index (κ1) is 20.3. The largest absolute Gasteiger partial charge is 0.325 e. The summed E-state index contributed by atoms with van der Waals surface area (Å²) in [6.07, 6.45) is 2.37. The number of rotatable bonds is 6. The van der Waals surface area contributed by atoms with Gasteiger partial charge in [-0.25, -0.2) is 12.8 Å². The van der Waals surface area contributed by atoms with E-state index in [0.717, 1.165) is 31.4 Å². The van der Waals surface area contributed by atoms with Gasteiger partial charge >= 0.3 is 0 Å². The number of amides is 1. The third kappa shape index (κ3) is 4.68. The predicted molar refractivity (Wildman–Crippen MR) is 106 cm³/mol. The molecule has 1 atom stereocenters. The molecule has 27 heavy (non-hydrogen) atoms. The third-order valence-corrected chi connectivity index (χ3v) is 7.14. The Kier molecular flexibility index (Phi) is 6.20. The Bertz CT molecular complexity index is 953. The number of para-hydroxylation sites is 1. The first-order valence-corrected chi connectivity index (χ1v) is 11.0. The monoisotopic (exact) mass is 474 g/mol. The van der Waals surface area contributed by atoms with Crippen LogP contribution in [-0.2, 0) is 14.8 Å². The summed E-state index contributed by atoms with van der Waals surface area (Å²) in [4.78, 5) is 12.1. The number of hydrogen-bond acceptors (Lipinski definition) is 3. The average molecular weight is 476 g/mol. The highest BCUT2D eigenvalue weighted by Crippen LogP contribution is 2.32. The maximum absolute atomic E-state index is 14.2. The van der Waals surface area contributed by atoms with Gasteiger partial charge in [-0.1, -0.05) is 36.2 Å². The Morgan fingerprint density at radius 2 is 1.89 bits per heavy atom. The zero-order chi connectivity index (χ0) is 19.6. The SMILES string of the molecule is O=C(Nc1ccccc1)C(NS(=O)(=O)c1cc(Br)c(Cl)cc1F)C1CCC1. The molecule has 3 rings (SSSR count). The third-order valence-electron chi connectivity index (χ3n) is 4.49. The van der Waals surface area contributed by atoms with Gasteiger partial charge in [0.2, 0.25) is 15.9 Å². The van der Waals surface area contributed by atoms with E-state index in [9.17, 15) is 17.6 Å². The quantitative estimate of drug-likeness (QED) is 0.611. The maximum atomic E-state index is 14.2. The van der Waals surface area contributed by atoms with Crippen molar-refractivity contribution in [1.29, 1.82) is 0 Å². The molecule has 0 bridgehead atoms. The first-order chi connectivity index (χ1) is 12.8. The van der Waals surface area contributed by atoms with E-state index in [0.29, 0.717) is 5.69 Å². The second kappa shape index (κ2) is 8.26. The lowest BCUT2D eigenvalue weighted by Gasteiger charge is -2.33. The Morgan fingerprint density at radius 3 is 2.48 bits per heavy atom. The number of benzene rings is 2. The molecule has 0 radical (unpaired) electrons. The second-order valence-corrected chi connectivity index (χ2v) is 9.29. The van der Waals surface area contributed by atoms with Crippen molar-refractivity contribution in [3.8, 4) is 0 Å². The van der Waals surface area contributed by atoms with Crippen molar-refractivity contribution >= 4 is 49.1 Å². The van der Waals surface area contributed by atoms with Gasteiger partial charge in [0.05, 0.1) is 5.02 Å². The number of anilines is 1. The minimum Gasteiger partial charge on any atom is -0.325 e. The van der Waals surface area contributed by atoms with E-state index in [4.69, 9.17) is 11.6 Å². The molecule has 2 N–H and O–H groups in total. The fraction of sp³-hybridized carbons (Fsp3) is 0.278. The molecule has 2 aromatic carbocycles. The van der Waals surface area contributed by atoms with Gasteiger partial charge in [-0.05, 0) is 59.0 Å². The molecule has 1 unspecified atom stereocenters. The molecular weight excluding hydrogens is 459 g/mol.